The van der Waals surface area contributed by atoms with E-state index in [0.29, 0.717) is 30.9 Å². The fraction of sp³-hybridized carbons (Fsp3) is 0.417. The van der Waals surface area contributed by atoms with Crippen LogP contribution in [0.15, 0.2) is 24.3 Å². The highest BCUT2D eigenvalue weighted by molar-refractivity contribution is 5.99. The first-order valence-electron chi connectivity index (χ1n) is 5.44. The van der Waals surface area contributed by atoms with Gasteiger partial charge >= 0.3 is 0 Å². The molecule has 1 atom stereocenters. The van der Waals surface area contributed by atoms with Gasteiger partial charge < -0.3 is 15.4 Å². The largest absolute Gasteiger partial charge is 0.398 e. The van der Waals surface area contributed by atoms with Crippen LogP contribution in [-0.2, 0) is 4.74 Å². The highest BCUT2D eigenvalue weighted by Crippen LogP contribution is 2.15. The molecule has 1 aromatic rings. The average molecular weight is 220 g/mol. The van der Waals surface area contributed by atoms with Gasteiger partial charge in [-0.15, -0.1) is 0 Å². The zero-order valence-electron chi connectivity index (χ0n) is 9.35. The molecule has 1 amide bonds. The lowest BCUT2D eigenvalue weighted by atomic mass is 10.1. The molecule has 1 unspecified atom stereocenters. The van der Waals surface area contributed by atoms with E-state index >= 15 is 0 Å². The molecule has 0 radical (unpaired) electrons. The number of morpholine rings is 1. The molecule has 4 heteroatoms. The molecule has 0 spiro atoms. The first-order chi connectivity index (χ1) is 7.68. The number of para-hydroxylation sites is 1. The predicted molar refractivity (Wildman–Crippen MR) is 62.2 cm³/mol. The van der Waals surface area contributed by atoms with Crippen LogP contribution in [-0.4, -0.2) is 36.6 Å². The number of carbonyl (C=O) groups is 1. The Morgan fingerprint density at radius 1 is 1.50 bits per heavy atom. The van der Waals surface area contributed by atoms with E-state index in [2.05, 4.69) is 0 Å². The quantitative estimate of drug-likeness (QED) is 0.722. The number of nitrogens with two attached hydrogens (primary N) is 1. The van der Waals surface area contributed by atoms with Crippen molar-refractivity contribution >= 4 is 11.6 Å². The minimum atomic E-state index is -0.00625. The second kappa shape index (κ2) is 4.53. The van der Waals surface area contributed by atoms with Crippen molar-refractivity contribution in [1.82, 2.24) is 4.90 Å². The van der Waals surface area contributed by atoms with E-state index in [1.54, 1.807) is 17.0 Å². The molecule has 1 aliphatic rings. The van der Waals surface area contributed by atoms with E-state index in [-0.39, 0.29) is 12.0 Å². The third-order valence-electron chi connectivity index (χ3n) is 2.72. The standard InChI is InChI=1S/C12H16N2O2/c1-9-8-14(6-7-16-9)12(15)10-4-2-3-5-11(10)13/h2-5,9H,6-8,13H2,1H3. The number of hydrogen-bond acceptors (Lipinski definition) is 3. The average Bonchev–Trinajstić information content (AvgIpc) is 2.29. The Labute approximate surface area is 95.0 Å². The smallest absolute Gasteiger partial charge is 0.256 e. The molecule has 1 fully saturated rings. The molecule has 4 nitrogen and oxygen atoms in total. The summed E-state index contributed by atoms with van der Waals surface area (Å²) in [6, 6.07) is 7.16. The Morgan fingerprint density at radius 3 is 2.94 bits per heavy atom. The lowest BCUT2D eigenvalue weighted by Gasteiger charge is -2.31. The van der Waals surface area contributed by atoms with Crippen LogP contribution in [0.5, 0.6) is 0 Å². The molecule has 1 heterocycles. The molecule has 1 saturated heterocycles. The van der Waals surface area contributed by atoms with Gasteiger partial charge in [-0.1, -0.05) is 12.1 Å². The van der Waals surface area contributed by atoms with E-state index in [9.17, 15) is 4.79 Å². The Hall–Kier alpha value is -1.55. The molecule has 16 heavy (non-hydrogen) atoms. The van der Waals surface area contributed by atoms with Crippen LogP contribution in [0.2, 0.25) is 0 Å². The van der Waals surface area contributed by atoms with E-state index < -0.39 is 0 Å². The molecule has 0 saturated carbocycles. The van der Waals surface area contributed by atoms with Gasteiger partial charge in [0.1, 0.15) is 0 Å². The summed E-state index contributed by atoms with van der Waals surface area (Å²) in [4.78, 5) is 13.9. The lowest BCUT2D eigenvalue weighted by Crippen LogP contribution is -2.44. The van der Waals surface area contributed by atoms with E-state index in [1.165, 1.54) is 0 Å². The fourth-order valence-corrected chi connectivity index (χ4v) is 1.87. The summed E-state index contributed by atoms with van der Waals surface area (Å²) in [5.41, 5.74) is 6.90. The van der Waals surface area contributed by atoms with Gasteiger partial charge in [-0.2, -0.15) is 0 Å². The van der Waals surface area contributed by atoms with Crippen LogP contribution in [0.4, 0.5) is 5.69 Å². The molecule has 1 aromatic carbocycles. The van der Waals surface area contributed by atoms with Gasteiger partial charge in [-0.25, -0.2) is 0 Å². The monoisotopic (exact) mass is 220 g/mol. The Kier molecular flexibility index (Phi) is 3.10. The fourth-order valence-electron chi connectivity index (χ4n) is 1.87. The first kappa shape index (κ1) is 11.0. The predicted octanol–water partition coefficient (Wildman–Crippen LogP) is 1.13. The number of carbonyl (C=O) groups excluding carboxylic acids is 1. The maximum Gasteiger partial charge on any atom is 0.256 e. The SMILES string of the molecule is CC1CN(C(=O)c2ccccc2N)CCO1. The van der Waals surface area contributed by atoms with Gasteiger partial charge in [0.25, 0.3) is 5.91 Å². The van der Waals surface area contributed by atoms with E-state index in [1.807, 2.05) is 19.1 Å². The van der Waals surface area contributed by atoms with E-state index in [4.69, 9.17) is 10.5 Å². The second-order valence-electron chi connectivity index (χ2n) is 4.02. The van der Waals surface area contributed by atoms with Crippen molar-refractivity contribution in [1.29, 1.82) is 0 Å². The lowest BCUT2D eigenvalue weighted by molar-refractivity contribution is -0.0123. The van der Waals surface area contributed by atoms with Crippen LogP contribution in [0.3, 0.4) is 0 Å². The highest BCUT2D eigenvalue weighted by Gasteiger charge is 2.23. The summed E-state index contributed by atoms with van der Waals surface area (Å²) in [6.07, 6.45) is 0.0997. The highest BCUT2D eigenvalue weighted by atomic mass is 16.5. The summed E-state index contributed by atoms with van der Waals surface area (Å²) in [5.74, 6) is -0.00625. The molecule has 0 aliphatic carbocycles. The Bertz CT molecular complexity index is 392. The van der Waals surface area contributed by atoms with Crippen LogP contribution >= 0.6 is 0 Å². The maximum atomic E-state index is 12.2. The van der Waals surface area contributed by atoms with Crippen molar-refractivity contribution in [2.45, 2.75) is 13.0 Å². The number of nitrogen functional groups attached to an aromatic ring is 1. The number of anilines is 1. The topological polar surface area (TPSA) is 55.6 Å². The summed E-state index contributed by atoms with van der Waals surface area (Å²) in [7, 11) is 0. The molecular formula is C12H16N2O2. The Balaban J connectivity index is 2.16. The maximum absolute atomic E-state index is 12.2. The van der Waals surface area contributed by atoms with Crippen LogP contribution in [0.25, 0.3) is 0 Å². The molecule has 2 N–H and O–H groups in total. The molecule has 86 valence electrons. The van der Waals surface area contributed by atoms with Crippen molar-refractivity contribution in [2.24, 2.45) is 0 Å². The van der Waals surface area contributed by atoms with Gasteiger partial charge in [0, 0.05) is 18.8 Å². The van der Waals surface area contributed by atoms with Gasteiger partial charge in [-0.05, 0) is 19.1 Å². The number of ether oxygens (including phenoxy) is 1. The van der Waals surface area contributed by atoms with Gasteiger partial charge in [-0.3, -0.25) is 4.79 Å². The zero-order chi connectivity index (χ0) is 11.5. The molecule has 2 rings (SSSR count). The first-order valence-corrected chi connectivity index (χ1v) is 5.44. The molecular weight excluding hydrogens is 204 g/mol. The number of hydrogen-bond donors (Lipinski definition) is 1. The summed E-state index contributed by atoms with van der Waals surface area (Å²) >= 11 is 0. The van der Waals surface area contributed by atoms with Crippen LogP contribution in [0, 0.1) is 0 Å². The molecule has 0 bridgehead atoms. The minimum absolute atomic E-state index is 0.00625. The summed E-state index contributed by atoms with van der Waals surface area (Å²) in [6.45, 7) is 3.83. The van der Waals surface area contributed by atoms with Gasteiger partial charge in [0.05, 0.1) is 18.3 Å². The van der Waals surface area contributed by atoms with Crippen molar-refractivity contribution in [3.8, 4) is 0 Å². The third kappa shape index (κ3) is 2.17. The van der Waals surface area contributed by atoms with Crippen LogP contribution < -0.4 is 5.73 Å². The third-order valence-corrected chi connectivity index (χ3v) is 2.72. The Morgan fingerprint density at radius 2 is 2.25 bits per heavy atom. The van der Waals surface area contributed by atoms with E-state index in [0.717, 1.165) is 0 Å². The molecule has 0 aromatic heterocycles. The minimum Gasteiger partial charge on any atom is -0.398 e. The molecule has 1 aliphatic heterocycles. The van der Waals surface area contributed by atoms with Crippen LogP contribution in [0.1, 0.15) is 17.3 Å². The van der Waals surface area contributed by atoms with Crippen molar-refractivity contribution < 1.29 is 9.53 Å². The van der Waals surface area contributed by atoms with Gasteiger partial charge in [0.2, 0.25) is 0 Å². The number of nitrogens with zero attached hydrogens (tertiary/aromatic N) is 1. The van der Waals surface area contributed by atoms with Gasteiger partial charge in [0.15, 0.2) is 0 Å². The summed E-state index contributed by atoms with van der Waals surface area (Å²) < 4.78 is 5.40. The van der Waals surface area contributed by atoms with Crippen molar-refractivity contribution in [2.75, 3.05) is 25.4 Å². The number of amides is 1. The van der Waals surface area contributed by atoms with Crippen molar-refractivity contribution in [3.63, 3.8) is 0 Å². The summed E-state index contributed by atoms with van der Waals surface area (Å²) in [5, 5.41) is 0. The number of benzene rings is 1. The zero-order valence-corrected chi connectivity index (χ0v) is 9.35. The van der Waals surface area contributed by atoms with Crippen molar-refractivity contribution in [3.05, 3.63) is 29.8 Å². The number of rotatable bonds is 1. The second-order valence-corrected chi connectivity index (χ2v) is 4.02. The normalized spacial score (nSPS) is 20.8.